The lowest BCUT2D eigenvalue weighted by molar-refractivity contribution is 0.569. The maximum absolute atomic E-state index is 2.58. The fraction of sp³-hybridized carbons (Fsp3) is 0.188. The van der Waals surface area contributed by atoms with Crippen LogP contribution in [0.15, 0.2) is 200 Å². The Morgan fingerprint density at radius 1 is 0.333 bits per heavy atom. The van der Waals surface area contributed by atoms with Gasteiger partial charge in [-0.2, -0.15) is 0 Å². The zero-order valence-corrected chi connectivity index (χ0v) is 39.9. The highest BCUT2D eigenvalue weighted by molar-refractivity contribution is 6.18. The van der Waals surface area contributed by atoms with E-state index in [1.54, 1.807) is 0 Å². The molecule has 326 valence electrons. The fourth-order valence-electron chi connectivity index (χ4n) is 9.83. The molecular formula is C64H60N2. The monoisotopic (exact) mass is 856 g/mol. The van der Waals surface area contributed by atoms with Gasteiger partial charge in [-0.1, -0.05) is 220 Å². The summed E-state index contributed by atoms with van der Waals surface area (Å²) in [5.74, 6) is 0. The van der Waals surface area contributed by atoms with E-state index in [1.165, 1.54) is 77.1 Å². The number of anilines is 3. The predicted molar refractivity (Wildman–Crippen MR) is 285 cm³/mol. The first-order valence-corrected chi connectivity index (χ1v) is 23.5. The third-order valence-electron chi connectivity index (χ3n) is 13.4. The molecule has 0 saturated carbocycles. The van der Waals surface area contributed by atoms with Gasteiger partial charge in [-0.25, -0.2) is 0 Å². The van der Waals surface area contributed by atoms with Crippen molar-refractivity contribution in [2.45, 2.75) is 78.6 Å². The summed E-state index contributed by atoms with van der Waals surface area (Å²) < 4.78 is 2.43. The Kier molecular flexibility index (Phi) is 10.6. The number of hydrogen-bond acceptors (Lipinski definition) is 1. The van der Waals surface area contributed by atoms with Gasteiger partial charge in [-0.3, -0.25) is 0 Å². The van der Waals surface area contributed by atoms with Crippen LogP contribution in [-0.4, -0.2) is 4.57 Å². The van der Waals surface area contributed by atoms with Crippen LogP contribution in [0.2, 0.25) is 0 Å². The van der Waals surface area contributed by atoms with Gasteiger partial charge in [-0.15, -0.1) is 0 Å². The average Bonchev–Trinajstić information content (AvgIpc) is 3.66. The van der Waals surface area contributed by atoms with Crippen molar-refractivity contribution >= 4 is 49.6 Å². The smallest absolute Gasteiger partial charge is 0.0562 e. The van der Waals surface area contributed by atoms with Gasteiger partial charge in [-0.05, 0) is 108 Å². The number of benzene rings is 9. The first kappa shape index (κ1) is 42.8. The molecule has 1 heterocycles. The molecule has 1 aromatic heterocycles. The van der Waals surface area contributed by atoms with Gasteiger partial charge in [0.1, 0.15) is 0 Å². The highest BCUT2D eigenvalue weighted by Gasteiger charge is 2.28. The van der Waals surface area contributed by atoms with E-state index in [0.29, 0.717) is 0 Å². The Labute approximate surface area is 391 Å². The topological polar surface area (TPSA) is 8.17 Å². The minimum atomic E-state index is -0.0947. The number of fused-ring (bicyclic) bond motifs is 4. The largest absolute Gasteiger partial charge is 0.309 e. The Morgan fingerprint density at radius 2 is 0.879 bits per heavy atom. The Balaban J connectivity index is 1.33. The van der Waals surface area contributed by atoms with Crippen molar-refractivity contribution in [1.29, 1.82) is 0 Å². The number of hydrogen-bond donors (Lipinski definition) is 0. The normalized spacial score (nSPS) is 12.3. The zero-order chi connectivity index (χ0) is 46.0. The molecule has 9 aromatic carbocycles. The van der Waals surface area contributed by atoms with Crippen LogP contribution >= 0.6 is 0 Å². The lowest BCUT2D eigenvalue weighted by atomic mass is 9.78. The number of rotatable bonds is 7. The molecule has 0 atom stereocenters. The van der Waals surface area contributed by atoms with Gasteiger partial charge >= 0.3 is 0 Å². The molecule has 0 radical (unpaired) electrons. The van der Waals surface area contributed by atoms with Crippen molar-refractivity contribution in [3.63, 3.8) is 0 Å². The van der Waals surface area contributed by atoms with Gasteiger partial charge in [0.2, 0.25) is 0 Å². The molecule has 0 bridgehead atoms. The molecule has 0 spiro atoms. The van der Waals surface area contributed by atoms with Crippen LogP contribution in [-0.2, 0) is 16.2 Å². The lowest BCUT2D eigenvalue weighted by Gasteiger charge is -2.32. The molecule has 0 amide bonds. The van der Waals surface area contributed by atoms with Crippen molar-refractivity contribution in [2.75, 3.05) is 4.90 Å². The lowest BCUT2D eigenvalue weighted by Crippen LogP contribution is -2.16. The van der Waals surface area contributed by atoms with Crippen molar-refractivity contribution in [2.24, 2.45) is 0 Å². The molecule has 10 rings (SSSR count). The van der Waals surface area contributed by atoms with Crippen LogP contribution in [0.3, 0.4) is 0 Å². The molecule has 0 aliphatic heterocycles. The molecule has 66 heavy (non-hydrogen) atoms. The van der Waals surface area contributed by atoms with Crippen LogP contribution in [0.1, 0.15) is 79.0 Å². The summed E-state index contributed by atoms with van der Waals surface area (Å²) in [7, 11) is 0. The molecule has 0 N–H and O–H groups in total. The Morgan fingerprint density at radius 3 is 1.56 bits per heavy atom. The van der Waals surface area contributed by atoms with Gasteiger partial charge in [0.25, 0.3) is 0 Å². The first-order valence-electron chi connectivity index (χ1n) is 23.5. The van der Waals surface area contributed by atoms with E-state index in [0.717, 1.165) is 28.3 Å². The van der Waals surface area contributed by atoms with E-state index in [2.05, 4.69) is 272 Å². The summed E-state index contributed by atoms with van der Waals surface area (Å²) in [5, 5.41) is 4.89. The Bertz CT molecular complexity index is 3370. The van der Waals surface area contributed by atoms with E-state index < -0.39 is 0 Å². The van der Waals surface area contributed by atoms with Crippen LogP contribution in [0.5, 0.6) is 0 Å². The van der Waals surface area contributed by atoms with E-state index in [1.807, 2.05) is 0 Å². The maximum atomic E-state index is 2.58. The van der Waals surface area contributed by atoms with Crippen LogP contribution in [0.4, 0.5) is 17.1 Å². The number of aromatic nitrogens is 1. The molecule has 0 saturated heterocycles. The van der Waals surface area contributed by atoms with E-state index in [-0.39, 0.29) is 16.2 Å². The zero-order valence-electron chi connectivity index (χ0n) is 39.9. The summed E-state index contributed by atoms with van der Waals surface area (Å²) in [6.45, 7) is 20.9. The average molecular weight is 857 g/mol. The molecule has 2 nitrogen and oxygen atoms in total. The number of para-hydroxylation sites is 3. The molecule has 10 aromatic rings. The first-order chi connectivity index (χ1) is 31.7. The second kappa shape index (κ2) is 16.4. The van der Waals surface area contributed by atoms with Crippen molar-refractivity contribution in [1.82, 2.24) is 4.57 Å². The van der Waals surface area contributed by atoms with Gasteiger partial charge in [0.15, 0.2) is 0 Å². The fourth-order valence-corrected chi connectivity index (χ4v) is 9.83. The van der Waals surface area contributed by atoms with Crippen molar-refractivity contribution < 1.29 is 0 Å². The molecule has 0 aliphatic carbocycles. The second-order valence-corrected chi connectivity index (χ2v) is 21.1. The summed E-state index contributed by atoms with van der Waals surface area (Å²) in [4.78, 5) is 2.58. The van der Waals surface area contributed by atoms with Crippen LogP contribution in [0.25, 0.3) is 71.6 Å². The third kappa shape index (κ3) is 7.69. The van der Waals surface area contributed by atoms with E-state index in [4.69, 9.17) is 0 Å². The SMILES string of the molecule is CC(C)(C)c1cc(-c2cccc3cccc(-c4ccccc4N(c4cc(C(C)(C)C)ccc4-c4ccccc4)c4cccc5c4c4ccccc4n5-c4ccccc4)c23)cc(C(C)(C)C)c1. The summed E-state index contributed by atoms with van der Waals surface area (Å²) >= 11 is 0. The second-order valence-electron chi connectivity index (χ2n) is 21.1. The Hall–Kier alpha value is -7.16. The minimum absolute atomic E-state index is 0.0147. The highest BCUT2D eigenvalue weighted by atomic mass is 15.2. The highest BCUT2D eigenvalue weighted by Crippen LogP contribution is 2.51. The molecule has 0 aliphatic rings. The number of nitrogens with zero attached hydrogens (tertiary/aromatic N) is 2. The van der Waals surface area contributed by atoms with Gasteiger partial charge < -0.3 is 9.47 Å². The maximum Gasteiger partial charge on any atom is 0.0562 e. The van der Waals surface area contributed by atoms with Crippen LogP contribution < -0.4 is 4.90 Å². The van der Waals surface area contributed by atoms with Gasteiger partial charge in [0.05, 0.1) is 28.1 Å². The van der Waals surface area contributed by atoms with E-state index in [9.17, 15) is 0 Å². The standard InChI is InChI=1S/C64H60N2/c1-62(2,3)46-37-38-50(43-23-12-10-13-24-43)59(42-46)66(58-36-22-35-57-61(58)54-30-17-19-34-56(54)65(57)49-27-14-11-15-28-49)55-33-18-16-29-52(55)53-32-21-26-44-25-20-31-51(60(44)53)45-39-47(63(4,5)6)41-48(40-45)64(7,8)9/h10-42H,1-9H3. The predicted octanol–water partition coefficient (Wildman–Crippen LogP) is 18.3. The quantitative estimate of drug-likeness (QED) is 0.155. The summed E-state index contributed by atoms with van der Waals surface area (Å²) in [6, 6.07) is 74.7. The van der Waals surface area contributed by atoms with E-state index >= 15 is 0 Å². The van der Waals surface area contributed by atoms with Crippen molar-refractivity contribution in [3.8, 4) is 39.1 Å². The van der Waals surface area contributed by atoms with Gasteiger partial charge in [0, 0.05) is 27.6 Å². The summed E-state index contributed by atoms with van der Waals surface area (Å²) in [6.07, 6.45) is 0. The third-order valence-corrected chi connectivity index (χ3v) is 13.4. The molecule has 0 fully saturated rings. The molecular weight excluding hydrogens is 797 g/mol. The van der Waals surface area contributed by atoms with Crippen molar-refractivity contribution in [3.05, 3.63) is 217 Å². The molecule has 2 heteroatoms. The van der Waals surface area contributed by atoms with Crippen LogP contribution in [0, 0.1) is 0 Å². The molecule has 0 unspecified atom stereocenters. The summed E-state index contributed by atoms with van der Waals surface area (Å²) in [5.41, 5.74) is 17.9. The minimum Gasteiger partial charge on any atom is -0.309 e.